The Balaban J connectivity index is 1.77. The van der Waals surface area contributed by atoms with E-state index in [0.29, 0.717) is 16.7 Å². The first-order chi connectivity index (χ1) is 16.1. The Bertz CT molecular complexity index is 1350. The lowest BCUT2D eigenvalue weighted by Crippen LogP contribution is -2.37. The van der Waals surface area contributed by atoms with Crippen molar-refractivity contribution in [3.63, 3.8) is 0 Å². The summed E-state index contributed by atoms with van der Waals surface area (Å²) in [4.78, 5) is 33.2. The number of aryl methyl sites for hydroxylation is 1. The number of sulfonamides is 1. The van der Waals surface area contributed by atoms with Gasteiger partial charge in [-0.1, -0.05) is 35.3 Å². The van der Waals surface area contributed by atoms with Crippen molar-refractivity contribution in [3.8, 4) is 0 Å². The SMILES string of the molecule is Cc1ccc(NC(=O)C(CO)n2ncc(Cl)c(Cl)c2=O)nc1S(=O)(=O)NCCc1ccccn1. The summed E-state index contributed by atoms with van der Waals surface area (Å²) in [7, 11) is -4.00. The Labute approximate surface area is 204 Å². The number of nitrogens with one attached hydrogen (secondary N) is 2. The molecule has 0 aliphatic heterocycles. The normalized spacial score (nSPS) is 12.4. The van der Waals surface area contributed by atoms with Gasteiger partial charge in [-0.2, -0.15) is 5.10 Å². The van der Waals surface area contributed by atoms with E-state index >= 15 is 0 Å². The first kappa shape index (κ1) is 25.7. The summed E-state index contributed by atoms with van der Waals surface area (Å²) in [6.45, 7) is 0.861. The van der Waals surface area contributed by atoms with Crippen LogP contribution in [0.4, 0.5) is 5.82 Å². The van der Waals surface area contributed by atoms with Gasteiger partial charge in [-0.15, -0.1) is 0 Å². The molecule has 3 heterocycles. The van der Waals surface area contributed by atoms with Crippen molar-refractivity contribution in [1.29, 1.82) is 0 Å². The molecule has 0 aliphatic carbocycles. The van der Waals surface area contributed by atoms with Crippen LogP contribution >= 0.6 is 23.2 Å². The molecule has 3 aromatic heterocycles. The average Bonchev–Trinajstić information content (AvgIpc) is 2.81. The Kier molecular flexibility index (Phi) is 8.33. The molecule has 0 bridgehead atoms. The first-order valence-corrected chi connectivity index (χ1v) is 12.1. The summed E-state index contributed by atoms with van der Waals surface area (Å²) in [5, 5.41) is 15.0. The number of amides is 1. The topological polar surface area (TPSA) is 156 Å². The molecule has 3 aromatic rings. The van der Waals surface area contributed by atoms with Crippen molar-refractivity contribution < 1.29 is 18.3 Å². The fraction of sp³-hybridized carbons (Fsp3) is 0.250. The highest BCUT2D eigenvalue weighted by Gasteiger charge is 2.25. The van der Waals surface area contributed by atoms with Crippen LogP contribution in [0.3, 0.4) is 0 Å². The van der Waals surface area contributed by atoms with Gasteiger partial charge in [-0.25, -0.2) is 22.8 Å². The number of aromatic nitrogens is 4. The third-order valence-corrected chi connectivity index (χ3v) is 6.88. The van der Waals surface area contributed by atoms with Crippen LogP contribution in [0.15, 0.2) is 52.5 Å². The predicted octanol–water partition coefficient (Wildman–Crippen LogP) is 1.34. The van der Waals surface area contributed by atoms with Crippen LogP contribution < -0.4 is 15.6 Å². The molecule has 11 nitrogen and oxygen atoms in total. The summed E-state index contributed by atoms with van der Waals surface area (Å²) in [5.41, 5.74) is 0.196. The number of pyridine rings is 2. The molecule has 1 atom stereocenters. The average molecular weight is 527 g/mol. The lowest BCUT2D eigenvalue weighted by atomic mass is 10.2. The van der Waals surface area contributed by atoms with Crippen molar-refractivity contribution in [2.75, 3.05) is 18.5 Å². The number of rotatable bonds is 9. The van der Waals surface area contributed by atoms with Gasteiger partial charge in [0.1, 0.15) is 10.8 Å². The van der Waals surface area contributed by atoms with Gasteiger partial charge >= 0.3 is 0 Å². The molecule has 0 aliphatic rings. The zero-order chi connectivity index (χ0) is 24.9. The lowest BCUT2D eigenvalue weighted by molar-refractivity contribution is -0.120. The quantitative estimate of drug-likeness (QED) is 0.377. The van der Waals surface area contributed by atoms with Crippen LogP contribution in [-0.4, -0.2) is 52.3 Å². The standard InChI is InChI=1S/C20H20Cl2N6O5S/c1-12-5-6-16(26-18(30)15(11-29)28-20(31)17(22)14(21)10-24-28)27-19(12)34(32,33)25-9-7-13-4-2-3-8-23-13/h2-6,8,10,15,25,29H,7,9,11H2,1H3,(H,26,27,30). The fourth-order valence-corrected chi connectivity index (χ4v) is 4.38. The van der Waals surface area contributed by atoms with E-state index in [4.69, 9.17) is 23.2 Å². The van der Waals surface area contributed by atoms with Crippen LogP contribution in [0.2, 0.25) is 10.0 Å². The number of carbonyl (C=O) groups is 1. The largest absolute Gasteiger partial charge is 0.394 e. The maximum atomic E-state index is 12.8. The van der Waals surface area contributed by atoms with Crippen LogP contribution in [0, 0.1) is 6.92 Å². The molecule has 3 N–H and O–H groups in total. The molecule has 0 radical (unpaired) electrons. The summed E-state index contributed by atoms with van der Waals surface area (Å²) in [5.74, 6) is -0.967. The third kappa shape index (κ3) is 5.96. The molecule has 0 aromatic carbocycles. The molecule has 180 valence electrons. The van der Waals surface area contributed by atoms with E-state index in [1.165, 1.54) is 12.1 Å². The molecular weight excluding hydrogens is 507 g/mol. The van der Waals surface area contributed by atoms with Crippen LogP contribution in [0.25, 0.3) is 0 Å². The van der Waals surface area contributed by atoms with Crippen molar-refractivity contribution >= 4 is 45.0 Å². The van der Waals surface area contributed by atoms with Crippen molar-refractivity contribution in [2.24, 2.45) is 0 Å². The van der Waals surface area contributed by atoms with Crippen LogP contribution in [0.5, 0.6) is 0 Å². The molecule has 14 heteroatoms. The number of anilines is 1. The van der Waals surface area contributed by atoms with E-state index < -0.39 is 34.1 Å². The summed E-state index contributed by atoms with van der Waals surface area (Å²) < 4.78 is 28.7. The Morgan fingerprint density at radius 2 is 2.00 bits per heavy atom. The van der Waals surface area contributed by atoms with Gasteiger partial charge in [0.15, 0.2) is 11.1 Å². The number of aliphatic hydroxyl groups is 1. The molecule has 3 rings (SSSR count). The van der Waals surface area contributed by atoms with Crippen molar-refractivity contribution in [3.05, 3.63) is 74.4 Å². The molecule has 0 saturated carbocycles. The highest BCUT2D eigenvalue weighted by Crippen LogP contribution is 2.18. The number of aliphatic hydroxyl groups excluding tert-OH is 1. The van der Waals surface area contributed by atoms with Gasteiger partial charge in [0.25, 0.3) is 21.5 Å². The van der Waals surface area contributed by atoms with Crippen molar-refractivity contribution in [2.45, 2.75) is 24.4 Å². The molecule has 34 heavy (non-hydrogen) atoms. The van der Waals surface area contributed by atoms with E-state index in [1.807, 2.05) is 0 Å². The second kappa shape index (κ2) is 11.0. The fourth-order valence-electron chi connectivity index (χ4n) is 2.91. The Hall–Kier alpha value is -2.90. The van der Waals surface area contributed by atoms with Gasteiger partial charge in [0.05, 0.1) is 17.8 Å². The smallest absolute Gasteiger partial charge is 0.287 e. The Morgan fingerprint density at radius 3 is 2.68 bits per heavy atom. The number of nitrogens with zero attached hydrogens (tertiary/aromatic N) is 4. The number of carbonyl (C=O) groups excluding carboxylic acids is 1. The number of hydrogen-bond acceptors (Lipinski definition) is 8. The molecule has 0 fully saturated rings. The maximum Gasteiger partial charge on any atom is 0.287 e. The van der Waals surface area contributed by atoms with Crippen LogP contribution in [0.1, 0.15) is 17.3 Å². The second-order valence-corrected chi connectivity index (χ2v) is 9.50. The number of halogens is 2. The molecule has 0 saturated heterocycles. The van der Waals surface area contributed by atoms with Gasteiger partial charge in [0.2, 0.25) is 0 Å². The molecular formula is C20H20Cl2N6O5S. The minimum Gasteiger partial charge on any atom is -0.394 e. The summed E-state index contributed by atoms with van der Waals surface area (Å²) in [6, 6.07) is 6.74. The highest BCUT2D eigenvalue weighted by molar-refractivity contribution is 7.89. The minimum absolute atomic E-state index is 0.0928. The van der Waals surface area contributed by atoms with E-state index in [2.05, 4.69) is 25.1 Å². The van der Waals surface area contributed by atoms with Gasteiger partial charge < -0.3 is 10.4 Å². The van der Waals surface area contributed by atoms with Crippen molar-refractivity contribution in [1.82, 2.24) is 24.5 Å². The van der Waals surface area contributed by atoms with E-state index in [-0.39, 0.29) is 27.4 Å². The van der Waals surface area contributed by atoms with E-state index in [9.17, 15) is 23.1 Å². The molecule has 0 spiro atoms. The summed E-state index contributed by atoms with van der Waals surface area (Å²) in [6.07, 6.45) is 3.05. The third-order valence-electron chi connectivity index (χ3n) is 4.63. The maximum absolute atomic E-state index is 12.8. The monoisotopic (exact) mass is 526 g/mol. The second-order valence-electron chi connectivity index (χ2n) is 7.03. The zero-order valence-electron chi connectivity index (χ0n) is 17.8. The van der Waals surface area contributed by atoms with E-state index in [0.717, 1.165) is 11.9 Å². The summed E-state index contributed by atoms with van der Waals surface area (Å²) >= 11 is 11.6. The minimum atomic E-state index is -4.00. The molecule has 1 amide bonds. The first-order valence-electron chi connectivity index (χ1n) is 9.86. The number of hydrogen-bond donors (Lipinski definition) is 3. The van der Waals surface area contributed by atoms with Gasteiger partial charge in [0, 0.05) is 24.9 Å². The van der Waals surface area contributed by atoms with Gasteiger partial charge in [-0.3, -0.25) is 14.6 Å². The zero-order valence-corrected chi connectivity index (χ0v) is 20.1. The van der Waals surface area contributed by atoms with Gasteiger partial charge in [-0.05, 0) is 30.7 Å². The predicted molar refractivity (Wildman–Crippen MR) is 125 cm³/mol. The highest BCUT2D eigenvalue weighted by atomic mass is 35.5. The molecule has 1 unspecified atom stereocenters. The lowest BCUT2D eigenvalue weighted by Gasteiger charge is -2.17. The van der Waals surface area contributed by atoms with Crippen LogP contribution in [-0.2, 0) is 21.2 Å². The van der Waals surface area contributed by atoms with E-state index in [1.54, 1.807) is 31.3 Å². The Morgan fingerprint density at radius 1 is 1.24 bits per heavy atom.